The minimum Gasteiger partial charge on any atom is -0.118 e. The summed E-state index contributed by atoms with van der Waals surface area (Å²) >= 11 is 18.2. The average molecular weight is 276 g/mol. The van der Waals surface area contributed by atoms with E-state index in [-0.39, 0.29) is 5.38 Å². The first-order valence-electron chi connectivity index (χ1n) is 5.43. The smallest absolute Gasteiger partial charge is 0.0518 e. The van der Waals surface area contributed by atoms with Gasteiger partial charge in [0.15, 0.2) is 0 Å². The van der Waals surface area contributed by atoms with Crippen molar-refractivity contribution in [3.05, 3.63) is 45.5 Å². The molecule has 1 aromatic rings. The molecule has 1 atom stereocenters. The number of alkyl halides is 1. The minimum atomic E-state index is 0.182. The lowest BCUT2D eigenvalue weighted by atomic mass is 9.94. The largest absolute Gasteiger partial charge is 0.118 e. The van der Waals surface area contributed by atoms with Crippen LogP contribution in [0, 0.1) is 0 Å². The van der Waals surface area contributed by atoms with Crippen LogP contribution in [0.5, 0.6) is 0 Å². The highest BCUT2D eigenvalue weighted by molar-refractivity contribution is 6.33. The van der Waals surface area contributed by atoms with Crippen molar-refractivity contribution < 1.29 is 0 Å². The highest BCUT2D eigenvalue weighted by Gasteiger charge is 2.12. The van der Waals surface area contributed by atoms with Gasteiger partial charge in [-0.1, -0.05) is 34.9 Å². The fourth-order valence-corrected chi connectivity index (χ4v) is 2.73. The van der Waals surface area contributed by atoms with Crippen LogP contribution in [-0.2, 0) is 6.42 Å². The van der Waals surface area contributed by atoms with Gasteiger partial charge in [-0.2, -0.15) is 0 Å². The molecular formula is C13H13Cl3. The van der Waals surface area contributed by atoms with E-state index in [2.05, 4.69) is 6.08 Å². The van der Waals surface area contributed by atoms with E-state index in [1.165, 1.54) is 5.57 Å². The zero-order valence-corrected chi connectivity index (χ0v) is 11.1. The average Bonchev–Trinajstić information content (AvgIpc) is 2.24. The van der Waals surface area contributed by atoms with Crippen molar-refractivity contribution in [2.45, 2.75) is 31.1 Å². The number of hydrogen-bond donors (Lipinski definition) is 0. The molecule has 0 amide bonds. The van der Waals surface area contributed by atoms with Crippen LogP contribution in [-0.4, -0.2) is 5.38 Å². The van der Waals surface area contributed by atoms with Crippen LogP contribution in [0.25, 0.3) is 0 Å². The molecule has 2 rings (SSSR count). The van der Waals surface area contributed by atoms with Gasteiger partial charge in [0.1, 0.15) is 0 Å². The Bertz CT molecular complexity index is 410. The zero-order chi connectivity index (χ0) is 11.5. The van der Waals surface area contributed by atoms with E-state index in [1.807, 2.05) is 18.2 Å². The van der Waals surface area contributed by atoms with Crippen molar-refractivity contribution >= 4 is 34.8 Å². The molecule has 0 nitrogen and oxygen atoms in total. The normalized spacial score (nSPS) is 20.7. The van der Waals surface area contributed by atoms with E-state index in [1.54, 1.807) is 0 Å². The molecule has 1 aliphatic rings. The fourth-order valence-electron chi connectivity index (χ4n) is 2.02. The van der Waals surface area contributed by atoms with Gasteiger partial charge in [0.05, 0.1) is 5.38 Å². The summed E-state index contributed by atoms with van der Waals surface area (Å²) in [6.45, 7) is 0. The maximum Gasteiger partial charge on any atom is 0.0518 e. The Hall–Kier alpha value is -0.170. The molecule has 0 saturated carbocycles. The van der Waals surface area contributed by atoms with Crippen molar-refractivity contribution in [3.8, 4) is 0 Å². The Morgan fingerprint density at radius 1 is 1.25 bits per heavy atom. The molecule has 0 spiro atoms. The summed E-state index contributed by atoms with van der Waals surface area (Å²) in [6, 6.07) is 5.59. The van der Waals surface area contributed by atoms with Gasteiger partial charge in [-0.05, 0) is 49.4 Å². The second-order valence-corrected chi connectivity index (χ2v) is 5.55. The Morgan fingerprint density at radius 3 is 2.81 bits per heavy atom. The van der Waals surface area contributed by atoms with Crippen LogP contribution in [0.1, 0.15) is 24.8 Å². The van der Waals surface area contributed by atoms with Crippen molar-refractivity contribution in [2.24, 2.45) is 0 Å². The first-order chi connectivity index (χ1) is 7.65. The molecule has 1 unspecified atom stereocenters. The standard InChI is InChI=1S/C13H13Cl3/c14-11-3-1-2-9(7-11)6-10-8-12(15)4-5-13(10)16/h4-5,7-8,11H,1-3,6H2. The molecule has 0 saturated heterocycles. The van der Waals surface area contributed by atoms with Gasteiger partial charge in [-0.25, -0.2) is 0 Å². The molecule has 0 bridgehead atoms. The highest BCUT2D eigenvalue weighted by Crippen LogP contribution is 2.28. The topological polar surface area (TPSA) is 0 Å². The van der Waals surface area contributed by atoms with E-state index in [4.69, 9.17) is 34.8 Å². The molecule has 1 aromatic carbocycles. The second-order valence-electron chi connectivity index (χ2n) is 4.15. The number of benzene rings is 1. The van der Waals surface area contributed by atoms with Crippen LogP contribution in [0.15, 0.2) is 29.8 Å². The van der Waals surface area contributed by atoms with E-state index < -0.39 is 0 Å². The maximum atomic E-state index is 6.13. The number of rotatable bonds is 2. The first kappa shape index (κ1) is 12.3. The predicted molar refractivity (Wildman–Crippen MR) is 71.7 cm³/mol. The van der Waals surface area contributed by atoms with Crippen LogP contribution >= 0.6 is 34.8 Å². The Balaban J connectivity index is 2.17. The van der Waals surface area contributed by atoms with Gasteiger partial charge >= 0.3 is 0 Å². The summed E-state index contributed by atoms with van der Waals surface area (Å²) in [5.74, 6) is 0. The van der Waals surface area contributed by atoms with Crippen LogP contribution in [0.2, 0.25) is 10.0 Å². The number of halogens is 3. The summed E-state index contributed by atoms with van der Waals surface area (Å²) in [6.07, 6.45) is 6.38. The van der Waals surface area contributed by atoms with Crippen molar-refractivity contribution in [1.82, 2.24) is 0 Å². The van der Waals surface area contributed by atoms with Gasteiger partial charge in [0.2, 0.25) is 0 Å². The summed E-state index contributed by atoms with van der Waals surface area (Å²) in [5, 5.41) is 1.70. The van der Waals surface area contributed by atoms with E-state index >= 15 is 0 Å². The first-order valence-corrected chi connectivity index (χ1v) is 6.62. The summed E-state index contributed by atoms with van der Waals surface area (Å²) in [5.41, 5.74) is 2.46. The summed E-state index contributed by atoms with van der Waals surface area (Å²) in [7, 11) is 0. The second kappa shape index (κ2) is 5.44. The van der Waals surface area contributed by atoms with Gasteiger partial charge in [-0.15, -0.1) is 11.6 Å². The van der Waals surface area contributed by atoms with Crippen LogP contribution in [0.3, 0.4) is 0 Å². The molecule has 0 heterocycles. The van der Waals surface area contributed by atoms with Crippen molar-refractivity contribution in [2.75, 3.05) is 0 Å². The molecule has 0 aromatic heterocycles. The van der Waals surface area contributed by atoms with Crippen molar-refractivity contribution in [3.63, 3.8) is 0 Å². The van der Waals surface area contributed by atoms with Crippen LogP contribution in [0.4, 0.5) is 0 Å². The lowest BCUT2D eigenvalue weighted by Gasteiger charge is -2.17. The van der Waals surface area contributed by atoms with Gasteiger partial charge in [-0.3, -0.25) is 0 Å². The molecule has 1 aliphatic carbocycles. The fraction of sp³-hybridized carbons (Fsp3) is 0.385. The quantitative estimate of drug-likeness (QED) is 0.510. The molecule has 0 fully saturated rings. The van der Waals surface area contributed by atoms with E-state index in [0.29, 0.717) is 0 Å². The van der Waals surface area contributed by atoms with Gasteiger partial charge in [0, 0.05) is 10.0 Å². The Kier molecular flexibility index (Phi) is 4.18. The molecule has 0 aliphatic heterocycles. The number of allylic oxidation sites excluding steroid dienone is 2. The predicted octanol–water partition coefficient (Wildman–Crippen LogP) is 5.25. The monoisotopic (exact) mass is 274 g/mol. The van der Waals surface area contributed by atoms with E-state index in [9.17, 15) is 0 Å². The van der Waals surface area contributed by atoms with Gasteiger partial charge < -0.3 is 0 Å². The van der Waals surface area contributed by atoms with Crippen LogP contribution < -0.4 is 0 Å². The molecule has 16 heavy (non-hydrogen) atoms. The van der Waals surface area contributed by atoms with Gasteiger partial charge in [0.25, 0.3) is 0 Å². The lowest BCUT2D eigenvalue weighted by molar-refractivity contribution is 0.693. The van der Waals surface area contributed by atoms with E-state index in [0.717, 1.165) is 41.3 Å². The zero-order valence-electron chi connectivity index (χ0n) is 8.85. The SMILES string of the molecule is Clc1ccc(Cl)c(CC2=CC(Cl)CCC2)c1. The third kappa shape index (κ3) is 3.16. The molecule has 86 valence electrons. The Labute approximate surface area is 111 Å². The molecule has 0 radical (unpaired) electrons. The highest BCUT2D eigenvalue weighted by atomic mass is 35.5. The molecular weight excluding hydrogens is 263 g/mol. The third-order valence-electron chi connectivity index (χ3n) is 2.82. The third-order valence-corrected chi connectivity index (χ3v) is 3.77. The molecule has 3 heteroatoms. The maximum absolute atomic E-state index is 6.13. The number of hydrogen-bond acceptors (Lipinski definition) is 0. The lowest BCUT2D eigenvalue weighted by Crippen LogP contribution is -2.05. The summed E-state index contributed by atoms with van der Waals surface area (Å²) in [4.78, 5) is 0. The summed E-state index contributed by atoms with van der Waals surface area (Å²) < 4.78 is 0. The minimum absolute atomic E-state index is 0.182. The Morgan fingerprint density at radius 2 is 2.06 bits per heavy atom. The molecule has 0 N–H and O–H groups in total. The van der Waals surface area contributed by atoms with Crippen molar-refractivity contribution in [1.29, 1.82) is 0 Å².